The Kier molecular flexibility index (Phi) is 4.19. The van der Waals surface area contributed by atoms with Gasteiger partial charge in [-0.1, -0.05) is 24.3 Å². The van der Waals surface area contributed by atoms with Crippen molar-refractivity contribution in [2.75, 3.05) is 20.1 Å². The Balaban J connectivity index is 1.97. The number of nitrogens with zero attached hydrogens (tertiary/aromatic N) is 1. The molecule has 1 N–H and O–H groups in total. The first-order chi connectivity index (χ1) is 8.16. The van der Waals surface area contributed by atoms with Crippen LogP contribution in [0.15, 0.2) is 24.3 Å². The average Bonchev–Trinajstić information content (AvgIpc) is 2.29. The van der Waals surface area contributed by atoms with E-state index in [2.05, 4.69) is 55.4 Å². The molecule has 0 aliphatic carbocycles. The van der Waals surface area contributed by atoms with Crippen molar-refractivity contribution in [1.29, 1.82) is 0 Å². The van der Waals surface area contributed by atoms with Crippen LogP contribution in [-0.4, -0.2) is 31.1 Å². The third-order valence-corrected chi connectivity index (χ3v) is 3.77. The minimum Gasteiger partial charge on any atom is -0.306 e. The maximum atomic E-state index is 3.76. The summed E-state index contributed by atoms with van der Waals surface area (Å²) in [5, 5.41) is 3.76. The Bertz CT molecular complexity index is 362. The smallest absolute Gasteiger partial charge is 0.0297 e. The fourth-order valence-electron chi connectivity index (χ4n) is 2.82. The van der Waals surface area contributed by atoms with Gasteiger partial charge in [0.25, 0.3) is 0 Å². The molecule has 1 aromatic rings. The molecule has 1 aliphatic rings. The molecule has 0 saturated carbocycles. The third-order valence-electron chi connectivity index (χ3n) is 3.77. The number of nitrogens with one attached hydrogen (secondary N) is 1. The number of hydrogen-bond acceptors (Lipinski definition) is 2. The molecule has 0 aromatic heterocycles. The summed E-state index contributed by atoms with van der Waals surface area (Å²) in [6.45, 7) is 6.89. The van der Waals surface area contributed by atoms with Crippen LogP contribution < -0.4 is 5.32 Å². The predicted octanol–water partition coefficient (Wildman–Crippen LogP) is 2.74. The number of rotatable bonds is 3. The highest BCUT2D eigenvalue weighted by Gasteiger charge is 2.19. The lowest BCUT2D eigenvalue weighted by molar-refractivity contribution is 0.218. The molecule has 2 unspecified atom stereocenters. The fourth-order valence-corrected chi connectivity index (χ4v) is 2.82. The Labute approximate surface area is 105 Å². The molecule has 17 heavy (non-hydrogen) atoms. The predicted molar refractivity (Wildman–Crippen MR) is 73.2 cm³/mol. The Morgan fingerprint density at radius 3 is 2.82 bits per heavy atom. The summed E-state index contributed by atoms with van der Waals surface area (Å²) in [6.07, 6.45) is 2.62. The van der Waals surface area contributed by atoms with Crippen LogP contribution in [0, 0.1) is 6.92 Å². The van der Waals surface area contributed by atoms with E-state index in [0.717, 1.165) is 0 Å². The molecule has 0 amide bonds. The number of likely N-dealkylation sites (tertiary alicyclic amines) is 1. The van der Waals surface area contributed by atoms with Crippen molar-refractivity contribution in [1.82, 2.24) is 10.2 Å². The van der Waals surface area contributed by atoms with E-state index in [-0.39, 0.29) is 0 Å². The molecule has 0 spiro atoms. The first kappa shape index (κ1) is 12.6. The van der Waals surface area contributed by atoms with Gasteiger partial charge in [-0.2, -0.15) is 0 Å². The van der Waals surface area contributed by atoms with Crippen LogP contribution >= 0.6 is 0 Å². The normalized spacial score (nSPS) is 23.6. The van der Waals surface area contributed by atoms with Crippen molar-refractivity contribution < 1.29 is 0 Å². The maximum absolute atomic E-state index is 3.76. The van der Waals surface area contributed by atoms with Gasteiger partial charge in [0.05, 0.1) is 0 Å². The van der Waals surface area contributed by atoms with Crippen molar-refractivity contribution in [3.05, 3.63) is 35.4 Å². The molecule has 2 nitrogen and oxygen atoms in total. The zero-order valence-corrected chi connectivity index (χ0v) is 11.2. The van der Waals surface area contributed by atoms with Gasteiger partial charge in [-0.25, -0.2) is 0 Å². The molecule has 0 bridgehead atoms. The SMILES string of the molecule is Cc1ccccc1C(C)NC1CCCN(C)C1. The van der Waals surface area contributed by atoms with Crippen molar-refractivity contribution in [3.8, 4) is 0 Å². The van der Waals surface area contributed by atoms with Crippen LogP contribution in [0.25, 0.3) is 0 Å². The lowest BCUT2D eigenvalue weighted by Crippen LogP contribution is -2.44. The van der Waals surface area contributed by atoms with Gasteiger partial charge in [-0.15, -0.1) is 0 Å². The van der Waals surface area contributed by atoms with Gasteiger partial charge >= 0.3 is 0 Å². The van der Waals surface area contributed by atoms with Gasteiger partial charge in [0.2, 0.25) is 0 Å². The first-order valence-corrected chi connectivity index (χ1v) is 6.67. The summed E-state index contributed by atoms with van der Waals surface area (Å²) in [5.74, 6) is 0. The summed E-state index contributed by atoms with van der Waals surface area (Å²) < 4.78 is 0. The molecule has 0 radical (unpaired) electrons. The topological polar surface area (TPSA) is 15.3 Å². The fraction of sp³-hybridized carbons (Fsp3) is 0.600. The van der Waals surface area contributed by atoms with E-state index in [1.807, 2.05) is 0 Å². The van der Waals surface area contributed by atoms with Crippen LogP contribution in [0.1, 0.15) is 36.9 Å². The van der Waals surface area contributed by atoms with Gasteiger partial charge in [-0.05, 0) is 51.4 Å². The number of piperidine rings is 1. The highest BCUT2D eigenvalue weighted by molar-refractivity contribution is 5.28. The van der Waals surface area contributed by atoms with Crippen LogP contribution in [0.3, 0.4) is 0 Å². The van der Waals surface area contributed by atoms with E-state index in [0.29, 0.717) is 12.1 Å². The van der Waals surface area contributed by atoms with E-state index in [1.54, 1.807) is 0 Å². The number of likely N-dealkylation sites (N-methyl/N-ethyl adjacent to an activating group) is 1. The van der Waals surface area contributed by atoms with Crippen molar-refractivity contribution >= 4 is 0 Å². The Hall–Kier alpha value is -0.860. The summed E-state index contributed by atoms with van der Waals surface area (Å²) in [7, 11) is 2.21. The summed E-state index contributed by atoms with van der Waals surface area (Å²) in [4.78, 5) is 2.42. The van der Waals surface area contributed by atoms with Crippen molar-refractivity contribution in [3.63, 3.8) is 0 Å². The zero-order valence-electron chi connectivity index (χ0n) is 11.2. The van der Waals surface area contributed by atoms with Crippen LogP contribution in [0.5, 0.6) is 0 Å². The molecule has 2 atom stereocenters. The van der Waals surface area contributed by atoms with E-state index in [9.17, 15) is 0 Å². The van der Waals surface area contributed by atoms with Crippen LogP contribution in [0.4, 0.5) is 0 Å². The average molecular weight is 232 g/mol. The molecule has 1 fully saturated rings. The second kappa shape index (κ2) is 5.65. The van der Waals surface area contributed by atoms with Gasteiger partial charge in [0.1, 0.15) is 0 Å². The molecular weight excluding hydrogens is 208 g/mol. The second-order valence-corrected chi connectivity index (χ2v) is 5.35. The largest absolute Gasteiger partial charge is 0.306 e. The number of hydrogen-bond donors (Lipinski definition) is 1. The maximum Gasteiger partial charge on any atom is 0.0297 e. The van der Waals surface area contributed by atoms with E-state index >= 15 is 0 Å². The summed E-state index contributed by atoms with van der Waals surface area (Å²) in [6, 6.07) is 9.77. The second-order valence-electron chi connectivity index (χ2n) is 5.35. The lowest BCUT2D eigenvalue weighted by Gasteiger charge is -2.32. The number of aryl methyl sites for hydroxylation is 1. The molecule has 1 aromatic carbocycles. The molecular formula is C15H24N2. The molecule has 1 heterocycles. The van der Waals surface area contributed by atoms with Crippen LogP contribution in [0.2, 0.25) is 0 Å². The highest BCUT2D eigenvalue weighted by Crippen LogP contribution is 2.19. The molecule has 2 heteroatoms. The minimum absolute atomic E-state index is 0.452. The van der Waals surface area contributed by atoms with Crippen LogP contribution in [-0.2, 0) is 0 Å². The lowest BCUT2D eigenvalue weighted by atomic mass is 9.99. The highest BCUT2D eigenvalue weighted by atomic mass is 15.1. The van der Waals surface area contributed by atoms with Gasteiger partial charge < -0.3 is 10.2 Å². The summed E-state index contributed by atoms with van der Waals surface area (Å²) >= 11 is 0. The number of benzene rings is 1. The molecule has 1 saturated heterocycles. The van der Waals surface area contributed by atoms with E-state index < -0.39 is 0 Å². The third kappa shape index (κ3) is 3.30. The Morgan fingerprint density at radius 1 is 1.35 bits per heavy atom. The van der Waals surface area contributed by atoms with Gasteiger partial charge in [0, 0.05) is 18.6 Å². The van der Waals surface area contributed by atoms with E-state index in [4.69, 9.17) is 0 Å². The van der Waals surface area contributed by atoms with Gasteiger partial charge in [0.15, 0.2) is 0 Å². The quantitative estimate of drug-likeness (QED) is 0.862. The standard InChI is InChI=1S/C15H24N2/c1-12-7-4-5-9-15(12)13(2)16-14-8-6-10-17(3)11-14/h4-5,7,9,13-14,16H,6,8,10-11H2,1-3H3. The summed E-state index contributed by atoms with van der Waals surface area (Å²) in [5.41, 5.74) is 2.82. The zero-order chi connectivity index (χ0) is 12.3. The van der Waals surface area contributed by atoms with E-state index in [1.165, 1.54) is 37.1 Å². The molecule has 2 rings (SSSR count). The molecule has 1 aliphatic heterocycles. The Morgan fingerprint density at radius 2 is 2.12 bits per heavy atom. The molecule has 94 valence electrons. The van der Waals surface area contributed by atoms with Crippen molar-refractivity contribution in [2.24, 2.45) is 0 Å². The first-order valence-electron chi connectivity index (χ1n) is 6.67. The minimum atomic E-state index is 0.452. The van der Waals surface area contributed by atoms with Crippen molar-refractivity contribution in [2.45, 2.75) is 38.8 Å². The monoisotopic (exact) mass is 232 g/mol. The van der Waals surface area contributed by atoms with Gasteiger partial charge in [-0.3, -0.25) is 0 Å².